The van der Waals surface area contributed by atoms with Crippen molar-refractivity contribution in [1.29, 1.82) is 0 Å². The molecule has 2 fully saturated rings. The zero-order chi connectivity index (χ0) is 19.6. The van der Waals surface area contributed by atoms with Crippen LogP contribution in [-0.2, 0) is 10.0 Å². The number of fused-ring (bicyclic) bond motifs is 1. The molecule has 148 valence electrons. The van der Waals surface area contributed by atoms with Crippen molar-refractivity contribution in [2.24, 2.45) is 5.92 Å². The molecule has 3 unspecified atom stereocenters. The Balaban J connectivity index is 1.37. The molecule has 7 nitrogen and oxygen atoms in total. The fraction of sp³-hybridized carbons (Fsp3) is 0.350. The summed E-state index contributed by atoms with van der Waals surface area (Å²) >= 11 is 0. The maximum atomic E-state index is 12.5. The number of sulfonamides is 1. The highest BCUT2D eigenvalue weighted by Crippen LogP contribution is 2.27. The summed E-state index contributed by atoms with van der Waals surface area (Å²) in [6, 6.07) is 15.4. The number of nitrogens with one attached hydrogen (secondary N) is 4. The van der Waals surface area contributed by atoms with Gasteiger partial charge in [-0.15, -0.1) is 0 Å². The molecule has 0 aromatic heterocycles. The molecule has 1 aliphatic carbocycles. The molecule has 1 saturated heterocycles. The number of benzene rings is 2. The lowest BCUT2D eigenvalue weighted by atomic mass is 9.83. The van der Waals surface area contributed by atoms with Gasteiger partial charge in [-0.05, 0) is 61.6 Å². The number of hydrazine groups is 1. The van der Waals surface area contributed by atoms with Crippen molar-refractivity contribution in [3.05, 3.63) is 60.2 Å². The lowest BCUT2D eigenvalue weighted by molar-refractivity contribution is 0.0918. The predicted octanol–water partition coefficient (Wildman–Crippen LogP) is 1.86. The van der Waals surface area contributed by atoms with Crippen molar-refractivity contribution in [2.75, 3.05) is 11.3 Å². The summed E-state index contributed by atoms with van der Waals surface area (Å²) in [5.74, 6) is 0.425. The second-order valence-electron chi connectivity index (χ2n) is 7.37. The van der Waals surface area contributed by atoms with Gasteiger partial charge in [0.1, 0.15) is 0 Å². The molecule has 2 aliphatic rings. The summed E-state index contributed by atoms with van der Waals surface area (Å²) in [5, 5.41) is 3.11. The number of hydrogen-bond acceptors (Lipinski definition) is 5. The van der Waals surface area contributed by atoms with E-state index in [1.54, 1.807) is 42.5 Å². The zero-order valence-corrected chi connectivity index (χ0v) is 16.2. The minimum Gasteiger partial charge on any atom is -0.349 e. The molecule has 1 aliphatic heterocycles. The summed E-state index contributed by atoms with van der Waals surface area (Å²) in [5.41, 5.74) is 7.41. The maximum Gasteiger partial charge on any atom is 0.261 e. The molecule has 1 saturated carbocycles. The van der Waals surface area contributed by atoms with E-state index in [2.05, 4.69) is 20.9 Å². The number of carbonyl (C=O) groups excluding carboxylic acids is 1. The molecule has 28 heavy (non-hydrogen) atoms. The average Bonchev–Trinajstić information content (AvgIpc) is 3.17. The van der Waals surface area contributed by atoms with Crippen LogP contribution in [0.2, 0.25) is 0 Å². The standard InChI is InChI=1S/C20H24N4O3S/c25-20(22-17-10-11-19-15(12-17)13-21-23-19)14-6-8-16(9-7-14)24-28(26,27)18-4-2-1-3-5-18/h1-9,15,17,19,21,23-24H,10-13H2,(H,22,25). The summed E-state index contributed by atoms with van der Waals surface area (Å²) in [4.78, 5) is 12.7. The van der Waals surface area contributed by atoms with E-state index in [1.807, 2.05) is 0 Å². The van der Waals surface area contributed by atoms with Crippen molar-refractivity contribution < 1.29 is 13.2 Å². The summed E-state index contributed by atoms with van der Waals surface area (Å²) < 4.78 is 27.3. The minimum absolute atomic E-state index is 0.125. The van der Waals surface area contributed by atoms with E-state index < -0.39 is 10.0 Å². The van der Waals surface area contributed by atoms with E-state index in [0.717, 1.165) is 25.8 Å². The molecule has 8 heteroatoms. The van der Waals surface area contributed by atoms with Crippen LogP contribution in [0, 0.1) is 5.92 Å². The molecule has 2 aromatic rings. The van der Waals surface area contributed by atoms with Crippen LogP contribution in [0.1, 0.15) is 29.6 Å². The van der Waals surface area contributed by atoms with E-state index in [-0.39, 0.29) is 16.8 Å². The quantitative estimate of drug-likeness (QED) is 0.614. The van der Waals surface area contributed by atoms with Gasteiger partial charge in [0, 0.05) is 29.9 Å². The van der Waals surface area contributed by atoms with Gasteiger partial charge in [-0.25, -0.2) is 8.42 Å². The number of carbonyl (C=O) groups is 1. The SMILES string of the molecule is O=C(NC1CCC2NNCC2C1)c1ccc(NS(=O)(=O)c2ccccc2)cc1. The summed E-state index contributed by atoms with van der Waals surface area (Å²) in [7, 11) is -3.64. The van der Waals surface area contributed by atoms with Crippen LogP contribution in [0.3, 0.4) is 0 Å². The molecule has 4 rings (SSSR count). The Hall–Kier alpha value is -2.42. The Morgan fingerprint density at radius 1 is 1.00 bits per heavy atom. The third-order valence-electron chi connectivity index (χ3n) is 5.42. The number of anilines is 1. The van der Waals surface area contributed by atoms with Gasteiger partial charge in [0.05, 0.1) is 4.90 Å². The van der Waals surface area contributed by atoms with Crippen molar-refractivity contribution in [1.82, 2.24) is 16.2 Å². The third-order valence-corrected chi connectivity index (χ3v) is 6.82. The van der Waals surface area contributed by atoms with Crippen LogP contribution < -0.4 is 20.9 Å². The van der Waals surface area contributed by atoms with Crippen LogP contribution in [0.4, 0.5) is 5.69 Å². The van der Waals surface area contributed by atoms with E-state index in [1.165, 1.54) is 12.1 Å². The molecule has 4 N–H and O–H groups in total. The predicted molar refractivity (Wildman–Crippen MR) is 107 cm³/mol. The fourth-order valence-electron chi connectivity index (χ4n) is 3.90. The first kappa shape index (κ1) is 18.9. The van der Waals surface area contributed by atoms with Crippen LogP contribution in [-0.4, -0.2) is 33.0 Å². The molecule has 0 bridgehead atoms. The lowest BCUT2D eigenvalue weighted by Crippen LogP contribution is -2.44. The second kappa shape index (κ2) is 7.90. The molecule has 3 atom stereocenters. The van der Waals surface area contributed by atoms with Gasteiger partial charge < -0.3 is 5.32 Å². The lowest BCUT2D eigenvalue weighted by Gasteiger charge is -2.31. The van der Waals surface area contributed by atoms with Gasteiger partial charge >= 0.3 is 0 Å². The molecular formula is C20H24N4O3S. The topological polar surface area (TPSA) is 99.3 Å². The first-order valence-corrected chi connectivity index (χ1v) is 11.0. The minimum atomic E-state index is -3.64. The molecule has 1 heterocycles. The third kappa shape index (κ3) is 4.19. The van der Waals surface area contributed by atoms with E-state index in [4.69, 9.17) is 0 Å². The van der Waals surface area contributed by atoms with Crippen LogP contribution >= 0.6 is 0 Å². The van der Waals surface area contributed by atoms with E-state index in [9.17, 15) is 13.2 Å². The normalized spacial score (nSPS) is 24.4. The van der Waals surface area contributed by atoms with Crippen LogP contribution in [0.5, 0.6) is 0 Å². The molecule has 0 radical (unpaired) electrons. The van der Waals surface area contributed by atoms with Gasteiger partial charge in [0.25, 0.3) is 15.9 Å². The Morgan fingerprint density at radius 3 is 2.50 bits per heavy atom. The van der Waals surface area contributed by atoms with Crippen LogP contribution in [0.25, 0.3) is 0 Å². The Labute approximate surface area is 164 Å². The van der Waals surface area contributed by atoms with E-state index in [0.29, 0.717) is 23.2 Å². The zero-order valence-electron chi connectivity index (χ0n) is 15.4. The van der Waals surface area contributed by atoms with Gasteiger partial charge in [-0.1, -0.05) is 18.2 Å². The smallest absolute Gasteiger partial charge is 0.261 e. The molecule has 0 spiro atoms. The maximum absolute atomic E-state index is 12.5. The summed E-state index contributed by atoms with van der Waals surface area (Å²) in [6.45, 7) is 0.938. The van der Waals surface area contributed by atoms with Gasteiger partial charge in [-0.3, -0.25) is 20.4 Å². The van der Waals surface area contributed by atoms with Gasteiger partial charge in [0.2, 0.25) is 0 Å². The first-order valence-electron chi connectivity index (χ1n) is 9.48. The fourth-order valence-corrected chi connectivity index (χ4v) is 4.98. The van der Waals surface area contributed by atoms with Gasteiger partial charge in [-0.2, -0.15) is 0 Å². The highest BCUT2D eigenvalue weighted by molar-refractivity contribution is 7.92. The second-order valence-corrected chi connectivity index (χ2v) is 9.05. The molecule has 1 amide bonds. The monoisotopic (exact) mass is 400 g/mol. The van der Waals surface area contributed by atoms with Crippen LogP contribution in [0.15, 0.2) is 59.5 Å². The largest absolute Gasteiger partial charge is 0.349 e. The highest BCUT2D eigenvalue weighted by Gasteiger charge is 2.34. The number of amides is 1. The van der Waals surface area contributed by atoms with Crippen molar-refractivity contribution in [2.45, 2.75) is 36.2 Å². The number of rotatable bonds is 5. The summed E-state index contributed by atoms with van der Waals surface area (Å²) in [6.07, 6.45) is 2.96. The number of hydrogen-bond donors (Lipinski definition) is 4. The van der Waals surface area contributed by atoms with Crippen molar-refractivity contribution in [3.8, 4) is 0 Å². The molecule has 2 aromatic carbocycles. The Morgan fingerprint density at radius 2 is 1.75 bits per heavy atom. The van der Waals surface area contributed by atoms with E-state index >= 15 is 0 Å². The average molecular weight is 401 g/mol. The van der Waals surface area contributed by atoms with Gasteiger partial charge in [0.15, 0.2) is 0 Å². The Kier molecular flexibility index (Phi) is 5.34. The van der Waals surface area contributed by atoms with Crippen molar-refractivity contribution in [3.63, 3.8) is 0 Å². The molecular weight excluding hydrogens is 376 g/mol. The van der Waals surface area contributed by atoms with Crippen molar-refractivity contribution >= 4 is 21.6 Å². The highest BCUT2D eigenvalue weighted by atomic mass is 32.2. The Bertz CT molecular complexity index is 932. The first-order chi connectivity index (χ1) is 13.5.